The normalized spacial score (nSPS) is 13.6. The molecule has 7 heteroatoms. The first kappa shape index (κ1) is 30.8. The van der Waals surface area contributed by atoms with Gasteiger partial charge < -0.3 is 14.8 Å². The molecule has 0 radical (unpaired) electrons. The third kappa shape index (κ3) is 6.67. The Balaban J connectivity index is 1.61. The summed E-state index contributed by atoms with van der Waals surface area (Å²) in [5.74, 6) is 0.600. The van der Waals surface area contributed by atoms with Gasteiger partial charge in [-0.25, -0.2) is 0 Å². The second-order valence-electron chi connectivity index (χ2n) is 11.9. The number of nitrogens with zero attached hydrogens (tertiary/aromatic N) is 1. The van der Waals surface area contributed by atoms with E-state index in [1.807, 2.05) is 36.4 Å². The molecule has 1 unspecified atom stereocenters. The quantitative estimate of drug-likeness (QED) is 0.180. The first-order valence-electron chi connectivity index (χ1n) is 14.7. The molecule has 0 saturated carbocycles. The summed E-state index contributed by atoms with van der Waals surface area (Å²) in [6.45, 7) is 8.56. The highest BCUT2D eigenvalue weighted by Crippen LogP contribution is 2.40. The molecule has 0 fully saturated rings. The highest BCUT2D eigenvalue weighted by Gasteiger charge is 2.35. The molecule has 3 amide bonds. The summed E-state index contributed by atoms with van der Waals surface area (Å²) in [6.07, 6.45) is 4.22. The van der Waals surface area contributed by atoms with E-state index in [0.29, 0.717) is 28.3 Å². The third-order valence-electron chi connectivity index (χ3n) is 7.85. The number of imide groups is 1. The van der Waals surface area contributed by atoms with E-state index < -0.39 is 0 Å². The van der Waals surface area contributed by atoms with E-state index >= 15 is 0 Å². The van der Waals surface area contributed by atoms with Gasteiger partial charge in [-0.2, -0.15) is 0 Å². The van der Waals surface area contributed by atoms with E-state index in [0.717, 1.165) is 42.4 Å². The molecule has 0 bridgehead atoms. The van der Waals surface area contributed by atoms with Crippen LogP contribution < -0.4 is 14.8 Å². The van der Waals surface area contributed by atoms with Crippen LogP contribution in [0.5, 0.6) is 11.5 Å². The average Bonchev–Trinajstić information content (AvgIpc) is 3.20. The predicted octanol–water partition coefficient (Wildman–Crippen LogP) is 7.49. The van der Waals surface area contributed by atoms with Crippen molar-refractivity contribution in [1.82, 2.24) is 4.90 Å². The largest absolute Gasteiger partial charge is 0.496 e. The Morgan fingerprint density at radius 2 is 1.50 bits per heavy atom. The van der Waals surface area contributed by atoms with Crippen molar-refractivity contribution >= 4 is 23.4 Å². The van der Waals surface area contributed by atoms with Gasteiger partial charge in [0.25, 0.3) is 11.8 Å². The minimum atomic E-state index is -0.304. The summed E-state index contributed by atoms with van der Waals surface area (Å²) in [5, 5.41) is 3.18. The molecule has 1 aliphatic heterocycles. The number of methoxy groups -OCH3 is 2. The van der Waals surface area contributed by atoms with Crippen molar-refractivity contribution in [3.63, 3.8) is 0 Å². The van der Waals surface area contributed by atoms with Crippen LogP contribution in [0, 0.1) is 0 Å². The minimum Gasteiger partial charge on any atom is -0.496 e. The molecule has 0 aromatic heterocycles. The van der Waals surface area contributed by atoms with Crippen LogP contribution in [-0.4, -0.2) is 36.8 Å². The van der Waals surface area contributed by atoms with Crippen LogP contribution in [0.2, 0.25) is 0 Å². The zero-order valence-electron chi connectivity index (χ0n) is 25.6. The molecule has 1 atom stereocenters. The smallest absolute Gasteiger partial charge is 0.261 e. The maximum absolute atomic E-state index is 13.7. The number of benzene rings is 3. The zero-order chi connectivity index (χ0) is 30.4. The van der Waals surface area contributed by atoms with Crippen LogP contribution in [0.4, 0.5) is 5.69 Å². The van der Waals surface area contributed by atoms with Crippen LogP contribution in [0.25, 0.3) is 0 Å². The lowest BCUT2D eigenvalue weighted by Crippen LogP contribution is -2.29. The van der Waals surface area contributed by atoms with Gasteiger partial charge >= 0.3 is 0 Å². The van der Waals surface area contributed by atoms with Crippen LogP contribution in [0.3, 0.4) is 0 Å². The van der Waals surface area contributed by atoms with E-state index in [9.17, 15) is 14.4 Å². The van der Waals surface area contributed by atoms with Gasteiger partial charge in [0.15, 0.2) is 0 Å². The number of fused-ring (bicyclic) bond motifs is 1. The zero-order valence-corrected chi connectivity index (χ0v) is 25.6. The first-order valence-corrected chi connectivity index (χ1v) is 14.7. The van der Waals surface area contributed by atoms with Crippen molar-refractivity contribution in [2.75, 3.05) is 19.5 Å². The molecule has 4 rings (SSSR count). The van der Waals surface area contributed by atoms with Gasteiger partial charge in [-0.3, -0.25) is 19.3 Å². The van der Waals surface area contributed by atoms with Crippen molar-refractivity contribution in [1.29, 1.82) is 0 Å². The number of carbonyl (C=O) groups is 3. The number of rotatable bonds is 12. The number of carbonyl (C=O) groups excluding carboxylic acids is 3. The molecule has 1 aliphatic rings. The molecule has 222 valence electrons. The fourth-order valence-corrected chi connectivity index (χ4v) is 5.71. The molecule has 42 heavy (non-hydrogen) atoms. The van der Waals surface area contributed by atoms with Gasteiger partial charge in [0.2, 0.25) is 5.91 Å². The Morgan fingerprint density at radius 3 is 2.05 bits per heavy atom. The number of anilines is 1. The van der Waals surface area contributed by atoms with Gasteiger partial charge in [0.1, 0.15) is 11.5 Å². The fraction of sp³-hybridized carbons (Fsp3) is 0.400. The van der Waals surface area contributed by atoms with Crippen molar-refractivity contribution in [2.24, 2.45) is 0 Å². The summed E-state index contributed by atoms with van der Waals surface area (Å²) in [4.78, 5) is 40.9. The number of ether oxygens (including phenoxy) is 2. The van der Waals surface area contributed by atoms with Gasteiger partial charge in [0, 0.05) is 17.7 Å². The molecule has 3 aromatic rings. The third-order valence-corrected chi connectivity index (χ3v) is 7.85. The molecule has 0 aliphatic carbocycles. The number of nitrogens with one attached hydrogen (secondary N) is 1. The SMILES string of the molecule is CCCCCC(CC(=O)Nc1cc(CN2C(=O)c3ccccc3C2=O)ccc1C(C)(C)C)c1c(OC)cccc1OC. The standard InChI is InChI=1S/C35H42N2O5/c1-7-8-9-13-24(32-29(41-5)16-12-17-30(32)42-6)21-31(38)36-28-20-23(18-19-27(28)35(2,3)4)22-37-33(39)25-14-10-11-15-26(25)34(37)40/h10-12,14-20,24H,7-9,13,21-22H2,1-6H3,(H,36,38). The molecular weight excluding hydrogens is 528 g/mol. The minimum absolute atomic E-state index is 0.0951. The fourth-order valence-electron chi connectivity index (χ4n) is 5.71. The highest BCUT2D eigenvalue weighted by atomic mass is 16.5. The van der Waals surface area contributed by atoms with Crippen LogP contribution in [-0.2, 0) is 16.8 Å². The Kier molecular flexibility index (Phi) is 9.71. The number of amides is 3. The van der Waals surface area contributed by atoms with Crippen molar-refractivity contribution in [3.05, 3.63) is 88.5 Å². The van der Waals surface area contributed by atoms with E-state index in [-0.39, 0.29) is 42.0 Å². The van der Waals surface area contributed by atoms with E-state index in [1.165, 1.54) is 4.90 Å². The maximum Gasteiger partial charge on any atom is 0.261 e. The summed E-state index contributed by atoms with van der Waals surface area (Å²) < 4.78 is 11.4. The van der Waals surface area contributed by atoms with Crippen molar-refractivity contribution in [3.8, 4) is 11.5 Å². The Morgan fingerprint density at radius 1 is 0.881 bits per heavy atom. The maximum atomic E-state index is 13.7. The van der Waals surface area contributed by atoms with Crippen LogP contribution >= 0.6 is 0 Å². The Hall–Kier alpha value is -4.13. The molecule has 0 spiro atoms. The van der Waals surface area contributed by atoms with Crippen LogP contribution in [0.1, 0.15) is 103 Å². The number of hydrogen-bond acceptors (Lipinski definition) is 5. The topological polar surface area (TPSA) is 84.9 Å². The molecule has 3 aromatic carbocycles. The lowest BCUT2D eigenvalue weighted by atomic mass is 9.84. The second kappa shape index (κ2) is 13.2. The monoisotopic (exact) mass is 570 g/mol. The van der Waals surface area contributed by atoms with Gasteiger partial charge in [-0.05, 0) is 59.2 Å². The number of hydrogen-bond donors (Lipinski definition) is 1. The molecular formula is C35H42N2O5. The number of unbranched alkanes of at least 4 members (excludes halogenated alkanes) is 2. The summed E-state index contributed by atoms with van der Waals surface area (Å²) >= 11 is 0. The molecule has 1 N–H and O–H groups in total. The van der Waals surface area contributed by atoms with Gasteiger partial charge in [-0.15, -0.1) is 0 Å². The Bertz CT molecular complexity index is 1400. The predicted molar refractivity (Wildman–Crippen MR) is 165 cm³/mol. The lowest BCUT2D eigenvalue weighted by Gasteiger charge is -2.26. The lowest BCUT2D eigenvalue weighted by molar-refractivity contribution is -0.116. The molecule has 0 saturated heterocycles. The molecule has 1 heterocycles. The summed E-state index contributed by atoms with van der Waals surface area (Å²) in [5.41, 5.74) is 3.91. The summed E-state index contributed by atoms with van der Waals surface area (Å²) in [7, 11) is 3.27. The van der Waals surface area contributed by atoms with Crippen molar-refractivity contribution in [2.45, 2.75) is 77.7 Å². The second-order valence-corrected chi connectivity index (χ2v) is 11.9. The van der Waals surface area contributed by atoms with E-state index in [4.69, 9.17) is 9.47 Å². The van der Waals surface area contributed by atoms with Crippen molar-refractivity contribution < 1.29 is 23.9 Å². The van der Waals surface area contributed by atoms with E-state index in [2.05, 4.69) is 33.0 Å². The average molecular weight is 571 g/mol. The van der Waals surface area contributed by atoms with Crippen LogP contribution in [0.15, 0.2) is 60.7 Å². The first-order chi connectivity index (χ1) is 20.1. The highest BCUT2D eigenvalue weighted by molar-refractivity contribution is 6.21. The molecule has 7 nitrogen and oxygen atoms in total. The van der Waals surface area contributed by atoms with Gasteiger partial charge in [0.05, 0.1) is 31.9 Å². The summed E-state index contributed by atoms with van der Waals surface area (Å²) in [6, 6.07) is 18.4. The van der Waals surface area contributed by atoms with Gasteiger partial charge in [-0.1, -0.05) is 77.3 Å². The Labute approximate surface area is 249 Å². The van der Waals surface area contributed by atoms with E-state index in [1.54, 1.807) is 38.5 Å².